The van der Waals surface area contributed by atoms with Gasteiger partial charge in [0.25, 0.3) is 0 Å². The van der Waals surface area contributed by atoms with Crippen molar-refractivity contribution in [1.29, 1.82) is 0 Å². The van der Waals surface area contributed by atoms with E-state index in [9.17, 15) is 13.2 Å². The van der Waals surface area contributed by atoms with Gasteiger partial charge in [-0.05, 0) is 49.7 Å². The second-order valence-electron chi connectivity index (χ2n) is 6.43. The Morgan fingerprint density at radius 1 is 1.18 bits per heavy atom. The van der Waals surface area contributed by atoms with Gasteiger partial charge < -0.3 is 19.1 Å². The zero-order valence-corrected chi connectivity index (χ0v) is 18.5. The SMILES string of the molecule is COc1ccc(CN(C(=O)Nc2cccc(Br)c2)C(C)C)cc1OS(C)(=O)=O. The van der Waals surface area contributed by atoms with Gasteiger partial charge in [0, 0.05) is 22.7 Å². The summed E-state index contributed by atoms with van der Waals surface area (Å²) >= 11 is 3.38. The van der Waals surface area contributed by atoms with Crippen molar-refractivity contribution in [3.05, 3.63) is 52.5 Å². The smallest absolute Gasteiger partial charge is 0.322 e. The zero-order chi connectivity index (χ0) is 20.9. The minimum atomic E-state index is -3.71. The van der Waals surface area contributed by atoms with Gasteiger partial charge in [-0.25, -0.2) is 4.79 Å². The minimum Gasteiger partial charge on any atom is -0.493 e. The molecule has 0 heterocycles. The molecule has 28 heavy (non-hydrogen) atoms. The van der Waals surface area contributed by atoms with Crippen LogP contribution in [0.25, 0.3) is 0 Å². The van der Waals surface area contributed by atoms with Crippen LogP contribution in [0, 0.1) is 0 Å². The Bertz CT molecular complexity index is 947. The number of carbonyl (C=O) groups is 1. The molecule has 0 atom stereocenters. The molecular formula is C19H23BrN2O5S. The number of anilines is 1. The summed E-state index contributed by atoms with van der Waals surface area (Å²) in [4.78, 5) is 14.4. The van der Waals surface area contributed by atoms with Crippen LogP contribution in [0.4, 0.5) is 10.5 Å². The molecule has 0 aliphatic carbocycles. The third-order valence-corrected chi connectivity index (χ3v) is 4.76. The van der Waals surface area contributed by atoms with Gasteiger partial charge in [-0.2, -0.15) is 8.42 Å². The Morgan fingerprint density at radius 2 is 1.89 bits per heavy atom. The van der Waals surface area contributed by atoms with Gasteiger partial charge in [-0.1, -0.05) is 28.1 Å². The third kappa shape index (κ3) is 6.42. The van der Waals surface area contributed by atoms with Crippen LogP contribution in [0.1, 0.15) is 19.4 Å². The quantitative estimate of drug-likeness (QED) is 0.611. The number of halogens is 1. The summed E-state index contributed by atoms with van der Waals surface area (Å²) < 4.78 is 34.0. The van der Waals surface area contributed by atoms with Crippen molar-refractivity contribution in [3.63, 3.8) is 0 Å². The highest BCUT2D eigenvalue weighted by Gasteiger charge is 2.19. The summed E-state index contributed by atoms with van der Waals surface area (Å²) in [6.07, 6.45) is 0.963. The van der Waals surface area contributed by atoms with Crippen LogP contribution >= 0.6 is 15.9 Å². The summed E-state index contributed by atoms with van der Waals surface area (Å²) in [7, 11) is -2.28. The lowest BCUT2D eigenvalue weighted by molar-refractivity contribution is 0.193. The van der Waals surface area contributed by atoms with E-state index in [2.05, 4.69) is 21.2 Å². The molecule has 7 nitrogen and oxygen atoms in total. The fourth-order valence-corrected chi connectivity index (χ4v) is 3.35. The normalized spacial score (nSPS) is 11.2. The van der Waals surface area contributed by atoms with Crippen molar-refractivity contribution in [1.82, 2.24) is 4.90 Å². The topological polar surface area (TPSA) is 84.9 Å². The highest BCUT2D eigenvalue weighted by Crippen LogP contribution is 2.30. The maximum atomic E-state index is 12.8. The summed E-state index contributed by atoms with van der Waals surface area (Å²) in [6.45, 7) is 4.07. The summed E-state index contributed by atoms with van der Waals surface area (Å²) in [5, 5.41) is 2.87. The highest BCUT2D eigenvalue weighted by molar-refractivity contribution is 9.10. The van der Waals surface area contributed by atoms with Crippen molar-refractivity contribution in [2.75, 3.05) is 18.7 Å². The minimum absolute atomic E-state index is 0.0820. The highest BCUT2D eigenvalue weighted by atomic mass is 79.9. The molecule has 0 spiro atoms. The molecule has 0 saturated carbocycles. The largest absolute Gasteiger partial charge is 0.493 e. The standard InChI is InChI=1S/C19H23BrN2O5S/c1-13(2)22(19(23)21-16-7-5-6-15(20)11-16)12-14-8-9-17(26-3)18(10-14)27-28(4,24)25/h5-11,13H,12H2,1-4H3,(H,21,23). The Hall–Kier alpha value is -2.26. The van der Waals surface area contributed by atoms with Crippen molar-refractivity contribution in [3.8, 4) is 11.5 Å². The number of nitrogens with zero attached hydrogens (tertiary/aromatic N) is 1. The molecule has 152 valence electrons. The number of hydrogen-bond acceptors (Lipinski definition) is 5. The molecule has 0 unspecified atom stereocenters. The molecule has 2 amide bonds. The summed E-state index contributed by atoms with van der Waals surface area (Å²) in [5.74, 6) is 0.377. The van der Waals surface area contributed by atoms with Crippen LogP contribution in [-0.4, -0.2) is 38.8 Å². The van der Waals surface area contributed by atoms with E-state index in [-0.39, 0.29) is 24.4 Å². The molecule has 0 saturated heterocycles. The molecule has 2 aromatic rings. The summed E-state index contributed by atoms with van der Waals surface area (Å²) in [5.41, 5.74) is 1.37. The van der Waals surface area contributed by atoms with E-state index in [1.54, 1.807) is 29.2 Å². The first-order valence-corrected chi connectivity index (χ1v) is 11.1. The second-order valence-corrected chi connectivity index (χ2v) is 8.93. The molecule has 0 fully saturated rings. The van der Waals surface area contributed by atoms with Crippen LogP contribution < -0.4 is 14.2 Å². The lowest BCUT2D eigenvalue weighted by atomic mass is 10.1. The molecule has 9 heteroatoms. The molecule has 1 N–H and O–H groups in total. The van der Waals surface area contributed by atoms with Crippen molar-refractivity contribution in [2.45, 2.75) is 26.4 Å². The van der Waals surface area contributed by atoms with E-state index >= 15 is 0 Å². The van der Waals surface area contributed by atoms with E-state index in [0.717, 1.165) is 10.7 Å². The molecular weight excluding hydrogens is 448 g/mol. The van der Waals surface area contributed by atoms with Gasteiger partial charge in [-0.15, -0.1) is 0 Å². The number of hydrogen-bond donors (Lipinski definition) is 1. The number of rotatable bonds is 7. The first-order chi connectivity index (χ1) is 13.1. The average molecular weight is 471 g/mol. The number of amides is 2. The first kappa shape index (κ1) is 22.0. The van der Waals surface area contributed by atoms with E-state index < -0.39 is 10.1 Å². The van der Waals surface area contributed by atoms with Gasteiger partial charge in [0.15, 0.2) is 11.5 Å². The Labute approximate surface area is 173 Å². The van der Waals surface area contributed by atoms with Crippen LogP contribution in [0.5, 0.6) is 11.5 Å². The van der Waals surface area contributed by atoms with Crippen LogP contribution in [0.3, 0.4) is 0 Å². The maximum absolute atomic E-state index is 12.8. The lowest BCUT2D eigenvalue weighted by Crippen LogP contribution is -2.39. The molecule has 0 bridgehead atoms. The summed E-state index contributed by atoms with van der Waals surface area (Å²) in [6, 6.07) is 11.9. The van der Waals surface area contributed by atoms with Crippen LogP contribution in [0.2, 0.25) is 0 Å². The van der Waals surface area contributed by atoms with Gasteiger partial charge in [-0.3, -0.25) is 0 Å². The Morgan fingerprint density at radius 3 is 2.46 bits per heavy atom. The van der Waals surface area contributed by atoms with Crippen molar-refractivity contribution >= 4 is 37.8 Å². The molecule has 0 aromatic heterocycles. The molecule has 2 aromatic carbocycles. The van der Waals surface area contributed by atoms with Crippen molar-refractivity contribution < 1.29 is 22.1 Å². The monoisotopic (exact) mass is 470 g/mol. The fraction of sp³-hybridized carbons (Fsp3) is 0.316. The first-order valence-electron chi connectivity index (χ1n) is 8.48. The van der Waals surface area contributed by atoms with Gasteiger partial charge >= 0.3 is 16.1 Å². The second kappa shape index (κ2) is 9.29. The average Bonchev–Trinajstić information content (AvgIpc) is 2.58. The maximum Gasteiger partial charge on any atom is 0.322 e. The van der Waals surface area contributed by atoms with Crippen molar-refractivity contribution in [2.24, 2.45) is 0 Å². The molecule has 0 aliphatic rings. The van der Waals surface area contributed by atoms with Gasteiger partial charge in [0.1, 0.15) is 0 Å². The molecule has 0 radical (unpaired) electrons. The number of urea groups is 1. The number of ether oxygens (including phenoxy) is 1. The number of benzene rings is 2. The van der Waals surface area contributed by atoms with E-state index in [1.807, 2.05) is 32.0 Å². The number of nitrogens with one attached hydrogen (secondary N) is 1. The zero-order valence-electron chi connectivity index (χ0n) is 16.1. The predicted molar refractivity (Wildman–Crippen MR) is 112 cm³/mol. The van der Waals surface area contributed by atoms with Gasteiger partial charge in [0.2, 0.25) is 0 Å². The van der Waals surface area contributed by atoms with E-state index in [4.69, 9.17) is 8.92 Å². The predicted octanol–water partition coefficient (Wildman–Crippen LogP) is 4.24. The van der Waals surface area contributed by atoms with E-state index in [0.29, 0.717) is 17.0 Å². The van der Waals surface area contributed by atoms with Crippen LogP contribution in [0.15, 0.2) is 46.9 Å². The Kier molecular flexibility index (Phi) is 7.31. The fourth-order valence-electron chi connectivity index (χ4n) is 2.49. The van der Waals surface area contributed by atoms with Crippen LogP contribution in [-0.2, 0) is 16.7 Å². The number of methoxy groups -OCH3 is 1. The third-order valence-electron chi connectivity index (χ3n) is 3.78. The number of carbonyl (C=O) groups excluding carboxylic acids is 1. The lowest BCUT2D eigenvalue weighted by Gasteiger charge is -2.27. The molecule has 2 rings (SSSR count). The Balaban J connectivity index is 2.23. The van der Waals surface area contributed by atoms with Gasteiger partial charge in [0.05, 0.1) is 13.4 Å². The molecule has 0 aliphatic heterocycles. The van der Waals surface area contributed by atoms with E-state index in [1.165, 1.54) is 7.11 Å².